The van der Waals surface area contributed by atoms with Gasteiger partial charge in [0.1, 0.15) is 5.65 Å². The molecule has 4 nitrogen and oxygen atoms in total. The summed E-state index contributed by atoms with van der Waals surface area (Å²) in [5.74, 6) is 0. The average Bonchev–Trinajstić information content (AvgIpc) is 3.20. The Balaban J connectivity index is 1.53. The van der Waals surface area contributed by atoms with Crippen LogP contribution in [0.15, 0.2) is 60.9 Å². The van der Waals surface area contributed by atoms with Gasteiger partial charge in [0.2, 0.25) is 0 Å². The van der Waals surface area contributed by atoms with E-state index in [4.69, 9.17) is 0 Å². The van der Waals surface area contributed by atoms with Crippen LogP contribution in [-0.2, 0) is 12.0 Å². The first-order valence-corrected chi connectivity index (χ1v) is 8.10. The number of hydrogen-bond acceptors (Lipinski definition) is 3. The largest absolute Gasteiger partial charge is 0.395 e. The highest BCUT2D eigenvalue weighted by molar-refractivity contribution is 5.39. The van der Waals surface area contributed by atoms with Crippen LogP contribution in [0.2, 0.25) is 0 Å². The number of hydrogen-bond donors (Lipinski definition) is 1. The lowest BCUT2D eigenvalue weighted by atomic mass is 9.80. The number of aromatic nitrogens is 2. The Morgan fingerprint density at radius 1 is 1.09 bits per heavy atom. The number of fused-ring (bicyclic) bond motifs is 1. The van der Waals surface area contributed by atoms with Crippen molar-refractivity contribution in [1.29, 1.82) is 0 Å². The topological polar surface area (TPSA) is 40.8 Å². The van der Waals surface area contributed by atoms with Gasteiger partial charge in [0, 0.05) is 30.9 Å². The van der Waals surface area contributed by atoms with E-state index in [0.717, 1.165) is 37.4 Å². The Morgan fingerprint density at radius 2 is 1.91 bits per heavy atom. The third-order valence-corrected chi connectivity index (χ3v) is 4.92. The fourth-order valence-corrected chi connectivity index (χ4v) is 3.63. The molecule has 3 aromatic rings. The van der Waals surface area contributed by atoms with Gasteiger partial charge in [-0.15, -0.1) is 0 Å². The molecule has 0 spiro atoms. The standard InChI is InChI=1S/C19H21N3O/c23-15-19(16-6-2-1-3-7-16)9-11-21(14-19)12-17-13-22-10-5-4-8-18(22)20-17/h1-8,10,13,23H,9,11-12,14-15H2. The van der Waals surface area contributed by atoms with Gasteiger partial charge in [0.15, 0.2) is 0 Å². The second kappa shape index (κ2) is 5.80. The van der Waals surface area contributed by atoms with Crippen LogP contribution < -0.4 is 0 Å². The molecule has 4 rings (SSSR count). The molecule has 1 saturated heterocycles. The van der Waals surface area contributed by atoms with Gasteiger partial charge in [0.25, 0.3) is 0 Å². The Hall–Kier alpha value is -2.17. The average molecular weight is 307 g/mol. The van der Waals surface area contributed by atoms with Gasteiger partial charge in [-0.2, -0.15) is 0 Å². The molecule has 1 aromatic carbocycles. The predicted molar refractivity (Wildman–Crippen MR) is 90.3 cm³/mol. The van der Waals surface area contributed by atoms with Crippen molar-refractivity contribution in [2.75, 3.05) is 19.7 Å². The summed E-state index contributed by atoms with van der Waals surface area (Å²) in [6.07, 6.45) is 5.11. The van der Waals surface area contributed by atoms with E-state index >= 15 is 0 Å². The molecule has 2 aromatic heterocycles. The van der Waals surface area contributed by atoms with Gasteiger partial charge in [-0.3, -0.25) is 4.90 Å². The van der Waals surface area contributed by atoms with E-state index in [2.05, 4.69) is 44.7 Å². The van der Waals surface area contributed by atoms with E-state index in [1.54, 1.807) is 0 Å². The van der Waals surface area contributed by atoms with Crippen LogP contribution in [-0.4, -0.2) is 39.1 Å². The van der Waals surface area contributed by atoms with Crippen molar-refractivity contribution in [2.24, 2.45) is 0 Å². The van der Waals surface area contributed by atoms with Crippen molar-refractivity contribution in [3.63, 3.8) is 0 Å². The van der Waals surface area contributed by atoms with Crippen LogP contribution in [0.3, 0.4) is 0 Å². The van der Waals surface area contributed by atoms with E-state index in [1.807, 2.05) is 30.5 Å². The molecule has 118 valence electrons. The van der Waals surface area contributed by atoms with E-state index in [1.165, 1.54) is 5.56 Å². The third-order valence-electron chi connectivity index (χ3n) is 4.92. The van der Waals surface area contributed by atoms with Crippen LogP contribution in [0.5, 0.6) is 0 Å². The molecule has 0 bridgehead atoms. The number of benzene rings is 1. The van der Waals surface area contributed by atoms with Crippen LogP contribution in [0.25, 0.3) is 5.65 Å². The molecular weight excluding hydrogens is 286 g/mol. The fraction of sp³-hybridized carbons (Fsp3) is 0.316. The molecule has 0 saturated carbocycles. The molecule has 4 heteroatoms. The molecule has 1 aliphatic rings. The van der Waals surface area contributed by atoms with Crippen molar-refractivity contribution in [1.82, 2.24) is 14.3 Å². The predicted octanol–water partition coefficient (Wildman–Crippen LogP) is 2.47. The smallest absolute Gasteiger partial charge is 0.137 e. The van der Waals surface area contributed by atoms with Crippen molar-refractivity contribution in [3.05, 3.63) is 72.2 Å². The number of aliphatic hydroxyl groups is 1. The summed E-state index contributed by atoms with van der Waals surface area (Å²) >= 11 is 0. The van der Waals surface area contributed by atoms with Gasteiger partial charge < -0.3 is 9.51 Å². The van der Waals surface area contributed by atoms with Gasteiger partial charge in [-0.05, 0) is 30.7 Å². The second-order valence-electron chi connectivity index (χ2n) is 6.46. The molecular formula is C19H21N3O. The van der Waals surface area contributed by atoms with Gasteiger partial charge in [0.05, 0.1) is 12.3 Å². The minimum Gasteiger partial charge on any atom is -0.395 e. The highest BCUT2D eigenvalue weighted by Crippen LogP contribution is 2.34. The minimum atomic E-state index is -0.138. The summed E-state index contributed by atoms with van der Waals surface area (Å²) in [5.41, 5.74) is 3.16. The van der Waals surface area contributed by atoms with E-state index in [9.17, 15) is 5.11 Å². The molecule has 3 heterocycles. The lowest BCUT2D eigenvalue weighted by molar-refractivity contribution is 0.188. The zero-order valence-electron chi connectivity index (χ0n) is 13.1. The van der Waals surface area contributed by atoms with Crippen LogP contribution in [0.1, 0.15) is 17.7 Å². The maximum absolute atomic E-state index is 10.0. The van der Waals surface area contributed by atoms with Crippen LogP contribution in [0, 0.1) is 0 Å². The SMILES string of the molecule is OCC1(c2ccccc2)CCN(Cc2cn3ccccc3n2)C1. The lowest BCUT2D eigenvalue weighted by Gasteiger charge is -2.27. The zero-order valence-corrected chi connectivity index (χ0v) is 13.1. The first-order valence-electron chi connectivity index (χ1n) is 8.10. The zero-order chi connectivity index (χ0) is 15.7. The molecule has 1 fully saturated rings. The number of nitrogens with zero attached hydrogens (tertiary/aromatic N) is 3. The first kappa shape index (κ1) is 14.4. The maximum Gasteiger partial charge on any atom is 0.137 e. The maximum atomic E-state index is 10.0. The summed E-state index contributed by atoms with van der Waals surface area (Å²) in [5, 5.41) is 10.0. The van der Waals surface area contributed by atoms with E-state index in [0.29, 0.717) is 0 Å². The molecule has 1 aliphatic heterocycles. The molecule has 1 N–H and O–H groups in total. The fourth-order valence-electron chi connectivity index (χ4n) is 3.63. The molecule has 0 aliphatic carbocycles. The Morgan fingerprint density at radius 3 is 2.70 bits per heavy atom. The van der Waals surface area contributed by atoms with Crippen LogP contribution in [0.4, 0.5) is 0 Å². The van der Waals surface area contributed by atoms with Gasteiger partial charge >= 0.3 is 0 Å². The number of rotatable bonds is 4. The summed E-state index contributed by atoms with van der Waals surface area (Å²) in [6.45, 7) is 2.89. The third kappa shape index (κ3) is 2.64. The molecule has 0 amide bonds. The van der Waals surface area contributed by atoms with Gasteiger partial charge in [-0.25, -0.2) is 4.98 Å². The molecule has 0 radical (unpaired) electrons. The number of likely N-dealkylation sites (tertiary alicyclic amines) is 1. The normalized spacial score (nSPS) is 22.0. The van der Waals surface area contributed by atoms with Crippen molar-refractivity contribution in [3.8, 4) is 0 Å². The monoisotopic (exact) mass is 307 g/mol. The number of aliphatic hydroxyl groups excluding tert-OH is 1. The Kier molecular flexibility index (Phi) is 3.63. The Bertz CT molecular complexity index is 765. The highest BCUT2D eigenvalue weighted by Gasteiger charge is 2.39. The molecule has 23 heavy (non-hydrogen) atoms. The lowest BCUT2D eigenvalue weighted by Crippen LogP contribution is -2.34. The highest BCUT2D eigenvalue weighted by atomic mass is 16.3. The van der Waals surface area contributed by atoms with E-state index < -0.39 is 0 Å². The van der Waals surface area contributed by atoms with Crippen LogP contribution >= 0.6 is 0 Å². The minimum absolute atomic E-state index is 0.138. The van der Waals surface area contributed by atoms with Crippen molar-refractivity contribution >= 4 is 5.65 Å². The number of imidazole rings is 1. The second-order valence-corrected chi connectivity index (χ2v) is 6.46. The summed E-state index contributed by atoms with van der Waals surface area (Å²) in [6, 6.07) is 16.4. The van der Waals surface area contributed by atoms with Crippen molar-refractivity contribution in [2.45, 2.75) is 18.4 Å². The van der Waals surface area contributed by atoms with Gasteiger partial charge in [-0.1, -0.05) is 36.4 Å². The summed E-state index contributed by atoms with van der Waals surface area (Å²) in [7, 11) is 0. The Labute approximate surface area is 136 Å². The van der Waals surface area contributed by atoms with E-state index in [-0.39, 0.29) is 12.0 Å². The van der Waals surface area contributed by atoms with Crippen molar-refractivity contribution < 1.29 is 5.11 Å². The first-order chi connectivity index (χ1) is 11.3. The summed E-state index contributed by atoms with van der Waals surface area (Å²) in [4.78, 5) is 7.08. The molecule has 1 unspecified atom stereocenters. The quantitative estimate of drug-likeness (QED) is 0.805. The molecule has 1 atom stereocenters. The number of pyridine rings is 1. The summed E-state index contributed by atoms with van der Waals surface area (Å²) < 4.78 is 2.06.